The molecule has 1 fully saturated rings. The molecule has 1 aliphatic heterocycles. The van der Waals surface area contributed by atoms with Crippen molar-refractivity contribution < 1.29 is 9.84 Å². The van der Waals surface area contributed by atoms with Crippen LogP contribution in [0, 0.1) is 5.92 Å². The summed E-state index contributed by atoms with van der Waals surface area (Å²) in [4.78, 5) is 2.49. The summed E-state index contributed by atoms with van der Waals surface area (Å²) in [6, 6.07) is 8.72. The first-order valence-electron chi connectivity index (χ1n) is 6.73. The van der Waals surface area contributed by atoms with Gasteiger partial charge in [0.1, 0.15) is 5.75 Å². The molecule has 1 saturated heterocycles. The van der Waals surface area contributed by atoms with Crippen LogP contribution in [0.3, 0.4) is 0 Å². The van der Waals surface area contributed by atoms with Crippen molar-refractivity contribution in [3.8, 4) is 5.75 Å². The van der Waals surface area contributed by atoms with Gasteiger partial charge in [-0.15, -0.1) is 0 Å². The Labute approximate surface area is 109 Å². The molecule has 1 aliphatic rings. The van der Waals surface area contributed by atoms with E-state index in [4.69, 9.17) is 9.84 Å². The number of piperidine rings is 1. The van der Waals surface area contributed by atoms with Gasteiger partial charge in [0.25, 0.3) is 0 Å². The van der Waals surface area contributed by atoms with Crippen LogP contribution >= 0.6 is 0 Å². The van der Waals surface area contributed by atoms with Gasteiger partial charge in [0.05, 0.1) is 7.11 Å². The van der Waals surface area contributed by atoms with Gasteiger partial charge in [-0.1, -0.05) is 12.1 Å². The van der Waals surface area contributed by atoms with Crippen molar-refractivity contribution in [1.29, 1.82) is 0 Å². The van der Waals surface area contributed by atoms with Crippen molar-refractivity contribution >= 4 is 0 Å². The highest BCUT2D eigenvalue weighted by Crippen LogP contribution is 2.28. The molecule has 3 nitrogen and oxygen atoms in total. The summed E-state index contributed by atoms with van der Waals surface area (Å²) in [5.74, 6) is 1.42. The third kappa shape index (κ3) is 3.03. The lowest BCUT2D eigenvalue weighted by Gasteiger charge is -2.35. The van der Waals surface area contributed by atoms with Crippen molar-refractivity contribution in [2.24, 2.45) is 5.92 Å². The van der Waals surface area contributed by atoms with E-state index >= 15 is 0 Å². The van der Waals surface area contributed by atoms with Crippen molar-refractivity contribution in [2.75, 3.05) is 26.8 Å². The number of likely N-dealkylation sites (tertiary alicyclic amines) is 1. The normalized spacial score (nSPS) is 19.7. The molecule has 0 aromatic heterocycles. The van der Waals surface area contributed by atoms with E-state index in [2.05, 4.69) is 24.0 Å². The lowest BCUT2D eigenvalue weighted by atomic mass is 9.95. The molecule has 0 radical (unpaired) electrons. The molecule has 1 atom stereocenters. The summed E-state index contributed by atoms with van der Waals surface area (Å²) < 4.78 is 5.28. The summed E-state index contributed by atoms with van der Waals surface area (Å²) in [6.45, 7) is 4.72. The van der Waals surface area contributed by atoms with Crippen LogP contribution in [0.1, 0.15) is 31.4 Å². The maximum atomic E-state index is 9.17. The Morgan fingerprint density at radius 2 is 2.11 bits per heavy atom. The van der Waals surface area contributed by atoms with Gasteiger partial charge in [0.2, 0.25) is 0 Å². The van der Waals surface area contributed by atoms with Crippen LogP contribution in [-0.2, 0) is 0 Å². The summed E-state index contributed by atoms with van der Waals surface area (Å²) in [6.07, 6.45) is 2.20. The highest BCUT2D eigenvalue weighted by atomic mass is 16.5. The lowest BCUT2D eigenvalue weighted by molar-refractivity contribution is 0.106. The number of hydrogen-bond donors (Lipinski definition) is 1. The zero-order valence-electron chi connectivity index (χ0n) is 11.3. The zero-order chi connectivity index (χ0) is 13.0. The van der Waals surface area contributed by atoms with E-state index in [9.17, 15) is 0 Å². The maximum absolute atomic E-state index is 9.17. The minimum atomic E-state index is 0.335. The van der Waals surface area contributed by atoms with Crippen LogP contribution in [0.2, 0.25) is 0 Å². The molecule has 0 amide bonds. The molecule has 1 aromatic rings. The van der Waals surface area contributed by atoms with Gasteiger partial charge in [-0.3, -0.25) is 4.90 Å². The summed E-state index contributed by atoms with van der Waals surface area (Å²) >= 11 is 0. The van der Waals surface area contributed by atoms with Crippen LogP contribution in [0.4, 0.5) is 0 Å². The molecule has 0 aliphatic carbocycles. The Morgan fingerprint density at radius 1 is 1.39 bits per heavy atom. The molecule has 0 saturated carbocycles. The number of aliphatic hydroxyl groups excluding tert-OH is 1. The number of benzene rings is 1. The molecule has 18 heavy (non-hydrogen) atoms. The Hall–Kier alpha value is -1.06. The van der Waals surface area contributed by atoms with Gasteiger partial charge in [0.15, 0.2) is 0 Å². The lowest BCUT2D eigenvalue weighted by Crippen LogP contribution is -2.36. The van der Waals surface area contributed by atoms with Crippen LogP contribution in [-0.4, -0.2) is 36.8 Å². The number of methoxy groups -OCH3 is 1. The number of ether oxygens (including phenoxy) is 1. The van der Waals surface area contributed by atoms with Crippen molar-refractivity contribution in [3.05, 3.63) is 29.8 Å². The second-order valence-corrected chi connectivity index (χ2v) is 5.11. The molecule has 0 bridgehead atoms. The Balaban J connectivity index is 2.00. The van der Waals surface area contributed by atoms with E-state index in [1.54, 1.807) is 7.11 Å². The van der Waals surface area contributed by atoms with E-state index in [0.717, 1.165) is 31.7 Å². The minimum Gasteiger partial charge on any atom is -0.497 e. The number of rotatable bonds is 4. The van der Waals surface area contributed by atoms with E-state index in [0.29, 0.717) is 18.6 Å². The molecular formula is C15H23NO2. The first kappa shape index (κ1) is 13.4. The monoisotopic (exact) mass is 249 g/mol. The standard InChI is InChI=1S/C15H23NO2/c1-12(14-4-3-5-15(10-14)18-2)16-8-6-13(11-17)7-9-16/h3-5,10,12-13,17H,6-9,11H2,1-2H3. The molecule has 1 unspecified atom stereocenters. The van der Waals surface area contributed by atoms with Gasteiger partial charge in [-0.2, -0.15) is 0 Å². The van der Waals surface area contributed by atoms with Gasteiger partial charge in [-0.25, -0.2) is 0 Å². The summed E-state index contributed by atoms with van der Waals surface area (Å²) in [5.41, 5.74) is 1.30. The first-order valence-corrected chi connectivity index (χ1v) is 6.73. The maximum Gasteiger partial charge on any atom is 0.119 e. The average Bonchev–Trinajstić information content (AvgIpc) is 2.46. The third-order valence-corrected chi connectivity index (χ3v) is 4.03. The quantitative estimate of drug-likeness (QED) is 0.889. The van der Waals surface area contributed by atoms with Gasteiger partial charge in [0, 0.05) is 12.6 Å². The van der Waals surface area contributed by atoms with Crippen LogP contribution in [0.15, 0.2) is 24.3 Å². The van der Waals surface area contributed by atoms with Crippen LogP contribution < -0.4 is 4.74 Å². The predicted molar refractivity (Wildman–Crippen MR) is 72.8 cm³/mol. The first-order chi connectivity index (χ1) is 8.74. The van der Waals surface area contributed by atoms with Gasteiger partial charge >= 0.3 is 0 Å². The summed E-state index contributed by atoms with van der Waals surface area (Å²) in [5, 5.41) is 9.17. The van der Waals surface area contributed by atoms with E-state index in [-0.39, 0.29) is 0 Å². The van der Waals surface area contributed by atoms with E-state index < -0.39 is 0 Å². The summed E-state index contributed by atoms with van der Waals surface area (Å²) in [7, 11) is 1.70. The smallest absolute Gasteiger partial charge is 0.119 e. The average molecular weight is 249 g/mol. The molecule has 100 valence electrons. The Kier molecular flexibility index (Phi) is 4.61. The highest BCUT2D eigenvalue weighted by Gasteiger charge is 2.23. The highest BCUT2D eigenvalue weighted by molar-refractivity contribution is 5.30. The van der Waals surface area contributed by atoms with E-state index in [1.165, 1.54) is 5.56 Å². The zero-order valence-corrected chi connectivity index (χ0v) is 11.3. The fraction of sp³-hybridized carbons (Fsp3) is 0.600. The predicted octanol–water partition coefficient (Wildman–Crippen LogP) is 2.46. The largest absolute Gasteiger partial charge is 0.497 e. The van der Waals surface area contributed by atoms with Crippen molar-refractivity contribution in [2.45, 2.75) is 25.8 Å². The molecular weight excluding hydrogens is 226 g/mol. The second-order valence-electron chi connectivity index (χ2n) is 5.11. The molecule has 2 rings (SSSR count). The van der Waals surface area contributed by atoms with E-state index in [1.807, 2.05) is 12.1 Å². The topological polar surface area (TPSA) is 32.7 Å². The van der Waals surface area contributed by atoms with Crippen LogP contribution in [0.5, 0.6) is 5.75 Å². The number of aliphatic hydroxyl groups is 1. The Bertz CT molecular complexity index is 373. The second kappa shape index (κ2) is 6.21. The SMILES string of the molecule is COc1cccc(C(C)N2CCC(CO)CC2)c1. The van der Waals surface area contributed by atoms with Crippen molar-refractivity contribution in [1.82, 2.24) is 4.90 Å². The molecule has 1 N–H and O–H groups in total. The van der Waals surface area contributed by atoms with Gasteiger partial charge < -0.3 is 9.84 Å². The van der Waals surface area contributed by atoms with Crippen LogP contribution in [0.25, 0.3) is 0 Å². The Morgan fingerprint density at radius 3 is 2.72 bits per heavy atom. The number of nitrogens with zero attached hydrogens (tertiary/aromatic N) is 1. The van der Waals surface area contributed by atoms with Crippen molar-refractivity contribution in [3.63, 3.8) is 0 Å². The number of hydrogen-bond acceptors (Lipinski definition) is 3. The molecule has 1 heterocycles. The third-order valence-electron chi connectivity index (χ3n) is 4.03. The minimum absolute atomic E-state index is 0.335. The molecule has 1 aromatic carbocycles. The van der Waals surface area contributed by atoms with Gasteiger partial charge in [-0.05, 0) is 56.5 Å². The molecule has 3 heteroatoms. The molecule has 0 spiro atoms. The fourth-order valence-corrected chi connectivity index (χ4v) is 2.64. The fourth-order valence-electron chi connectivity index (χ4n) is 2.64.